The first kappa shape index (κ1) is 14.8. The summed E-state index contributed by atoms with van der Waals surface area (Å²) in [7, 11) is 1.70. The van der Waals surface area contributed by atoms with Crippen molar-refractivity contribution in [3.05, 3.63) is 58.8 Å². The zero-order valence-electron chi connectivity index (χ0n) is 11.6. The lowest BCUT2D eigenvalue weighted by Crippen LogP contribution is -2.26. The number of benzene rings is 1. The van der Waals surface area contributed by atoms with Gasteiger partial charge in [0.1, 0.15) is 5.01 Å². The van der Waals surface area contributed by atoms with Gasteiger partial charge in [0.05, 0.1) is 0 Å². The molecule has 0 saturated carbocycles. The Bertz CT molecular complexity index is 789. The SMILES string of the molecule is CN(C(=O)c1ccc(Br)cc1)c1nnc(-c2ccncc2)s1. The fourth-order valence-electron chi connectivity index (χ4n) is 1.84. The molecule has 2 aromatic heterocycles. The third kappa shape index (κ3) is 3.05. The molecule has 110 valence electrons. The van der Waals surface area contributed by atoms with Gasteiger partial charge in [-0.15, -0.1) is 10.2 Å². The molecule has 22 heavy (non-hydrogen) atoms. The fourth-order valence-corrected chi connectivity index (χ4v) is 2.91. The Hall–Kier alpha value is -2.12. The van der Waals surface area contributed by atoms with Crippen molar-refractivity contribution < 1.29 is 4.79 Å². The van der Waals surface area contributed by atoms with Crippen molar-refractivity contribution in [1.29, 1.82) is 0 Å². The Kier molecular flexibility index (Phi) is 4.26. The van der Waals surface area contributed by atoms with Gasteiger partial charge in [-0.3, -0.25) is 14.7 Å². The van der Waals surface area contributed by atoms with Gasteiger partial charge in [-0.1, -0.05) is 27.3 Å². The van der Waals surface area contributed by atoms with E-state index in [-0.39, 0.29) is 5.91 Å². The summed E-state index contributed by atoms with van der Waals surface area (Å²) < 4.78 is 0.933. The van der Waals surface area contributed by atoms with E-state index in [1.807, 2.05) is 24.3 Å². The molecule has 0 aliphatic carbocycles. The van der Waals surface area contributed by atoms with Gasteiger partial charge in [0.2, 0.25) is 5.13 Å². The molecule has 0 N–H and O–H groups in total. The molecule has 0 fully saturated rings. The third-order valence-corrected chi connectivity index (χ3v) is 4.60. The first-order valence-electron chi connectivity index (χ1n) is 6.42. The predicted octanol–water partition coefficient (Wildman–Crippen LogP) is 3.64. The summed E-state index contributed by atoms with van der Waals surface area (Å²) in [6, 6.07) is 10.9. The van der Waals surface area contributed by atoms with Gasteiger partial charge in [0.15, 0.2) is 0 Å². The van der Waals surface area contributed by atoms with Crippen molar-refractivity contribution in [3.63, 3.8) is 0 Å². The van der Waals surface area contributed by atoms with Crippen molar-refractivity contribution >= 4 is 38.3 Å². The van der Waals surface area contributed by atoms with Crippen LogP contribution in [0.5, 0.6) is 0 Å². The number of hydrogen-bond acceptors (Lipinski definition) is 5. The molecule has 3 aromatic rings. The van der Waals surface area contributed by atoms with Crippen LogP contribution >= 0.6 is 27.3 Å². The number of carbonyl (C=O) groups excluding carboxylic acids is 1. The van der Waals surface area contributed by atoms with Crippen molar-refractivity contribution in [2.45, 2.75) is 0 Å². The zero-order valence-corrected chi connectivity index (χ0v) is 14.0. The minimum Gasteiger partial charge on any atom is -0.286 e. The lowest BCUT2D eigenvalue weighted by atomic mass is 10.2. The molecule has 0 aliphatic heterocycles. The Morgan fingerprint density at radius 3 is 2.45 bits per heavy atom. The number of amides is 1. The van der Waals surface area contributed by atoms with E-state index < -0.39 is 0 Å². The van der Waals surface area contributed by atoms with Crippen LogP contribution in [0, 0.1) is 0 Å². The average Bonchev–Trinajstić information content (AvgIpc) is 3.05. The van der Waals surface area contributed by atoms with Gasteiger partial charge in [-0.2, -0.15) is 0 Å². The summed E-state index contributed by atoms with van der Waals surface area (Å²) >= 11 is 4.72. The van der Waals surface area contributed by atoms with Crippen LogP contribution in [0.25, 0.3) is 10.6 Å². The molecule has 5 nitrogen and oxygen atoms in total. The number of rotatable bonds is 3. The van der Waals surface area contributed by atoms with E-state index in [1.54, 1.807) is 31.6 Å². The minimum atomic E-state index is -0.120. The first-order valence-corrected chi connectivity index (χ1v) is 8.03. The molecule has 0 aliphatic rings. The summed E-state index contributed by atoms with van der Waals surface area (Å²) in [4.78, 5) is 17.9. The maximum absolute atomic E-state index is 12.4. The molecule has 0 unspecified atom stereocenters. The Morgan fingerprint density at radius 1 is 1.09 bits per heavy atom. The number of pyridine rings is 1. The molecule has 2 heterocycles. The van der Waals surface area contributed by atoms with E-state index in [4.69, 9.17) is 0 Å². The molecule has 0 saturated heterocycles. The summed E-state index contributed by atoms with van der Waals surface area (Å²) in [5.41, 5.74) is 1.54. The second kappa shape index (κ2) is 6.33. The largest absolute Gasteiger partial charge is 0.286 e. The quantitative estimate of drug-likeness (QED) is 0.701. The smallest absolute Gasteiger partial charge is 0.259 e. The highest BCUT2D eigenvalue weighted by atomic mass is 79.9. The number of carbonyl (C=O) groups is 1. The molecule has 0 spiro atoms. The van der Waals surface area contributed by atoms with E-state index >= 15 is 0 Å². The van der Waals surface area contributed by atoms with E-state index in [0.29, 0.717) is 10.7 Å². The summed E-state index contributed by atoms with van der Waals surface area (Å²) in [6.45, 7) is 0. The topological polar surface area (TPSA) is 59.0 Å². The molecule has 0 bridgehead atoms. The number of aromatic nitrogens is 3. The van der Waals surface area contributed by atoms with Gasteiger partial charge in [0, 0.05) is 35.0 Å². The molecule has 1 amide bonds. The third-order valence-electron chi connectivity index (χ3n) is 3.02. The lowest BCUT2D eigenvalue weighted by Gasteiger charge is -2.12. The highest BCUT2D eigenvalue weighted by Crippen LogP contribution is 2.28. The number of halogens is 1. The molecule has 1 aromatic carbocycles. The van der Waals surface area contributed by atoms with Gasteiger partial charge in [0.25, 0.3) is 5.91 Å². The van der Waals surface area contributed by atoms with Gasteiger partial charge in [-0.05, 0) is 36.4 Å². The van der Waals surface area contributed by atoms with Crippen molar-refractivity contribution in [2.24, 2.45) is 0 Å². The number of hydrogen-bond donors (Lipinski definition) is 0. The Labute approximate surface area is 139 Å². The van der Waals surface area contributed by atoms with Crippen molar-refractivity contribution in [3.8, 4) is 10.6 Å². The van der Waals surface area contributed by atoms with E-state index in [9.17, 15) is 4.79 Å². The summed E-state index contributed by atoms with van der Waals surface area (Å²) in [5, 5.41) is 9.55. The minimum absolute atomic E-state index is 0.120. The highest BCUT2D eigenvalue weighted by Gasteiger charge is 2.18. The summed E-state index contributed by atoms with van der Waals surface area (Å²) in [5.74, 6) is -0.120. The standard InChI is InChI=1S/C15H11BrN4OS/c1-20(14(21)11-2-4-12(16)5-3-11)15-19-18-13(22-15)10-6-8-17-9-7-10/h2-9H,1H3. The number of anilines is 1. The van der Waals surface area contributed by atoms with Crippen LogP contribution < -0.4 is 4.90 Å². The second-order valence-corrected chi connectivity index (χ2v) is 6.37. The zero-order chi connectivity index (χ0) is 15.5. The number of nitrogens with zero attached hydrogens (tertiary/aromatic N) is 4. The molecule has 0 atom stereocenters. The van der Waals surface area contributed by atoms with Crippen molar-refractivity contribution in [1.82, 2.24) is 15.2 Å². The van der Waals surface area contributed by atoms with Gasteiger partial charge in [-0.25, -0.2) is 0 Å². The van der Waals surface area contributed by atoms with E-state index in [2.05, 4.69) is 31.1 Å². The predicted molar refractivity (Wildman–Crippen MR) is 90.0 cm³/mol. The van der Waals surface area contributed by atoms with Crippen LogP contribution in [0.15, 0.2) is 53.3 Å². The normalized spacial score (nSPS) is 10.5. The van der Waals surface area contributed by atoms with Crippen LogP contribution in [0.1, 0.15) is 10.4 Å². The highest BCUT2D eigenvalue weighted by molar-refractivity contribution is 9.10. The monoisotopic (exact) mass is 374 g/mol. The van der Waals surface area contributed by atoms with Crippen LogP contribution in [0.4, 0.5) is 5.13 Å². The van der Waals surface area contributed by atoms with Crippen molar-refractivity contribution in [2.75, 3.05) is 11.9 Å². The molecule has 3 rings (SSSR count). The average molecular weight is 375 g/mol. The Morgan fingerprint density at radius 2 is 1.77 bits per heavy atom. The van der Waals surface area contributed by atoms with Crippen LogP contribution in [0.2, 0.25) is 0 Å². The maximum atomic E-state index is 12.4. The molecular formula is C15H11BrN4OS. The first-order chi connectivity index (χ1) is 10.6. The molecular weight excluding hydrogens is 364 g/mol. The van der Waals surface area contributed by atoms with E-state index in [1.165, 1.54) is 16.2 Å². The Balaban J connectivity index is 1.83. The van der Waals surface area contributed by atoms with Gasteiger partial charge >= 0.3 is 0 Å². The van der Waals surface area contributed by atoms with Gasteiger partial charge < -0.3 is 0 Å². The summed E-state index contributed by atoms with van der Waals surface area (Å²) in [6.07, 6.45) is 3.40. The van der Waals surface area contributed by atoms with Crippen LogP contribution in [0.3, 0.4) is 0 Å². The fraction of sp³-hybridized carbons (Fsp3) is 0.0667. The van der Waals surface area contributed by atoms with Crippen LogP contribution in [-0.2, 0) is 0 Å². The molecule has 0 radical (unpaired) electrons. The van der Waals surface area contributed by atoms with Crippen LogP contribution in [-0.4, -0.2) is 28.1 Å². The van der Waals surface area contributed by atoms with E-state index in [0.717, 1.165) is 15.0 Å². The maximum Gasteiger partial charge on any atom is 0.259 e. The lowest BCUT2D eigenvalue weighted by molar-refractivity contribution is 0.0993. The molecule has 7 heteroatoms. The second-order valence-electron chi connectivity index (χ2n) is 4.50.